The van der Waals surface area contributed by atoms with E-state index < -0.39 is 24.0 Å². The molecule has 1 aliphatic rings. The molecule has 0 saturated carbocycles. The SMILES string of the molecule is COCCn1c(OC(F)(F)F)c(C(=O)N2CCC(c3cc(CN)ccc3F)CC2)c2cccc(F)c21. The van der Waals surface area contributed by atoms with E-state index in [2.05, 4.69) is 4.74 Å². The summed E-state index contributed by atoms with van der Waals surface area (Å²) in [4.78, 5) is 14.9. The molecule has 2 heterocycles. The topological polar surface area (TPSA) is 69.7 Å². The number of nitrogens with two attached hydrogens (primary N) is 1. The standard InChI is InChI=1S/C25H26F5N3O3/c1-35-12-11-33-22-17(3-2-4-20(22)27)21(24(33)36-25(28,29)30)23(34)32-9-7-16(8-10-32)18-13-15(14-31)5-6-19(18)26/h2-6,13,16H,7-12,14,31H2,1H3. The van der Waals surface area contributed by atoms with Gasteiger partial charge in [-0.3, -0.25) is 4.79 Å². The number of halogens is 5. The fourth-order valence-electron chi connectivity index (χ4n) is 4.75. The molecular formula is C25H26F5N3O3. The Hall–Kier alpha value is -3.18. The molecule has 0 bridgehead atoms. The zero-order chi connectivity index (χ0) is 26.0. The van der Waals surface area contributed by atoms with Crippen molar-refractivity contribution in [2.24, 2.45) is 5.73 Å². The van der Waals surface area contributed by atoms with Gasteiger partial charge >= 0.3 is 6.36 Å². The van der Waals surface area contributed by atoms with Crippen LogP contribution in [0.25, 0.3) is 10.9 Å². The van der Waals surface area contributed by atoms with Crippen molar-refractivity contribution in [2.75, 3.05) is 26.8 Å². The summed E-state index contributed by atoms with van der Waals surface area (Å²) in [5, 5.41) is 0.0131. The lowest BCUT2D eigenvalue weighted by molar-refractivity contribution is -0.277. The van der Waals surface area contributed by atoms with Crippen molar-refractivity contribution >= 4 is 16.8 Å². The summed E-state index contributed by atoms with van der Waals surface area (Å²) in [5.41, 5.74) is 6.41. The minimum atomic E-state index is -5.11. The number of benzene rings is 2. The first-order chi connectivity index (χ1) is 17.1. The Morgan fingerprint density at radius 1 is 1.11 bits per heavy atom. The molecule has 1 saturated heterocycles. The molecule has 6 nitrogen and oxygen atoms in total. The lowest BCUT2D eigenvalue weighted by atomic mass is 9.88. The monoisotopic (exact) mass is 511 g/mol. The van der Waals surface area contributed by atoms with Crippen LogP contribution in [0.3, 0.4) is 0 Å². The number of fused-ring (bicyclic) bond motifs is 1. The van der Waals surface area contributed by atoms with Gasteiger partial charge in [0.2, 0.25) is 5.88 Å². The van der Waals surface area contributed by atoms with Crippen LogP contribution in [0.5, 0.6) is 5.88 Å². The number of amides is 1. The number of hydrogen-bond donors (Lipinski definition) is 1. The van der Waals surface area contributed by atoms with Gasteiger partial charge in [0.05, 0.1) is 12.1 Å². The zero-order valence-corrected chi connectivity index (χ0v) is 19.6. The average molecular weight is 511 g/mol. The van der Waals surface area contributed by atoms with E-state index in [-0.39, 0.29) is 61.0 Å². The lowest BCUT2D eigenvalue weighted by Crippen LogP contribution is -2.38. The molecule has 194 valence electrons. The third-order valence-electron chi connectivity index (χ3n) is 6.45. The van der Waals surface area contributed by atoms with Crippen molar-refractivity contribution in [3.05, 3.63) is 64.7 Å². The summed E-state index contributed by atoms with van der Waals surface area (Å²) in [5.74, 6) is -2.82. The molecule has 0 radical (unpaired) electrons. The van der Waals surface area contributed by atoms with E-state index in [1.54, 1.807) is 12.1 Å². The normalized spacial score (nSPS) is 15.0. The molecule has 3 aromatic rings. The van der Waals surface area contributed by atoms with Crippen LogP contribution < -0.4 is 10.5 Å². The highest BCUT2D eigenvalue weighted by molar-refractivity contribution is 6.10. The molecule has 0 atom stereocenters. The Balaban J connectivity index is 1.68. The van der Waals surface area contributed by atoms with Crippen molar-refractivity contribution < 1.29 is 36.2 Å². The van der Waals surface area contributed by atoms with E-state index in [1.165, 1.54) is 30.2 Å². The van der Waals surface area contributed by atoms with Crippen LogP contribution in [0.2, 0.25) is 0 Å². The minimum absolute atomic E-state index is 0.0131. The predicted molar refractivity (Wildman–Crippen MR) is 123 cm³/mol. The highest BCUT2D eigenvalue weighted by atomic mass is 19.4. The van der Waals surface area contributed by atoms with Crippen molar-refractivity contribution in [2.45, 2.75) is 38.2 Å². The van der Waals surface area contributed by atoms with Crippen LogP contribution in [-0.2, 0) is 17.8 Å². The first-order valence-corrected chi connectivity index (χ1v) is 11.5. The second-order valence-corrected chi connectivity index (χ2v) is 8.63. The highest BCUT2D eigenvalue weighted by Gasteiger charge is 2.38. The molecule has 0 aliphatic carbocycles. The quantitative estimate of drug-likeness (QED) is 0.456. The molecule has 11 heteroatoms. The number of piperidine rings is 1. The molecule has 1 aromatic heterocycles. The number of nitrogens with zero attached hydrogens (tertiary/aromatic N) is 2. The van der Waals surface area contributed by atoms with Gasteiger partial charge in [-0.1, -0.05) is 24.3 Å². The third-order valence-corrected chi connectivity index (χ3v) is 6.45. The number of carbonyl (C=O) groups is 1. The maximum absolute atomic E-state index is 14.8. The smallest absolute Gasteiger partial charge is 0.389 e. The predicted octanol–water partition coefficient (Wildman–Crippen LogP) is 4.94. The van der Waals surface area contributed by atoms with Gasteiger partial charge in [-0.15, -0.1) is 13.2 Å². The van der Waals surface area contributed by atoms with Crippen LogP contribution in [0.1, 0.15) is 40.2 Å². The van der Waals surface area contributed by atoms with Crippen LogP contribution in [0, 0.1) is 11.6 Å². The number of aromatic nitrogens is 1. The average Bonchev–Trinajstić information content (AvgIpc) is 3.15. The van der Waals surface area contributed by atoms with E-state index >= 15 is 0 Å². The summed E-state index contributed by atoms with van der Waals surface area (Å²) in [6, 6.07) is 8.49. The second kappa shape index (κ2) is 10.4. The molecule has 1 fully saturated rings. The second-order valence-electron chi connectivity index (χ2n) is 8.63. The number of carbonyl (C=O) groups excluding carboxylic acids is 1. The van der Waals surface area contributed by atoms with E-state index in [4.69, 9.17) is 10.5 Å². The molecule has 4 rings (SSSR count). The molecule has 0 spiro atoms. The molecule has 2 aromatic carbocycles. The van der Waals surface area contributed by atoms with Crippen LogP contribution in [-0.4, -0.2) is 48.5 Å². The summed E-state index contributed by atoms with van der Waals surface area (Å²) in [6.07, 6.45) is -4.30. The molecule has 0 unspecified atom stereocenters. The van der Waals surface area contributed by atoms with Gasteiger partial charge in [0.25, 0.3) is 5.91 Å². The number of methoxy groups -OCH3 is 1. The largest absolute Gasteiger partial charge is 0.574 e. The van der Waals surface area contributed by atoms with E-state index in [0.717, 1.165) is 16.2 Å². The molecular weight excluding hydrogens is 485 g/mol. The maximum Gasteiger partial charge on any atom is 0.574 e. The third kappa shape index (κ3) is 5.17. The summed E-state index contributed by atoms with van der Waals surface area (Å²) >= 11 is 0. The Labute approximate surface area is 204 Å². The van der Waals surface area contributed by atoms with Crippen molar-refractivity contribution in [3.63, 3.8) is 0 Å². The van der Waals surface area contributed by atoms with Gasteiger partial charge in [0.15, 0.2) is 0 Å². The van der Waals surface area contributed by atoms with Crippen LogP contribution >= 0.6 is 0 Å². The number of ether oxygens (including phenoxy) is 2. The van der Waals surface area contributed by atoms with E-state index in [9.17, 15) is 26.7 Å². The van der Waals surface area contributed by atoms with Gasteiger partial charge < -0.3 is 24.7 Å². The first-order valence-electron chi connectivity index (χ1n) is 11.5. The molecule has 36 heavy (non-hydrogen) atoms. The Morgan fingerprint density at radius 3 is 2.47 bits per heavy atom. The molecule has 2 N–H and O–H groups in total. The minimum Gasteiger partial charge on any atom is -0.389 e. The first kappa shape index (κ1) is 25.9. The Kier molecular flexibility index (Phi) is 7.51. The fraction of sp³-hybridized carbons (Fsp3) is 0.400. The number of likely N-dealkylation sites (tertiary alicyclic amines) is 1. The summed E-state index contributed by atoms with van der Waals surface area (Å²) in [7, 11) is 1.36. The summed E-state index contributed by atoms with van der Waals surface area (Å²) in [6.45, 7) is 0.434. The summed E-state index contributed by atoms with van der Waals surface area (Å²) < 4.78 is 79.6. The highest BCUT2D eigenvalue weighted by Crippen LogP contribution is 2.39. The fourth-order valence-corrected chi connectivity index (χ4v) is 4.75. The molecule has 1 aliphatic heterocycles. The van der Waals surface area contributed by atoms with Crippen molar-refractivity contribution in [1.82, 2.24) is 9.47 Å². The van der Waals surface area contributed by atoms with Gasteiger partial charge in [0.1, 0.15) is 17.2 Å². The number of alkyl halides is 3. The molecule has 1 amide bonds. The van der Waals surface area contributed by atoms with Gasteiger partial charge in [-0.25, -0.2) is 8.78 Å². The van der Waals surface area contributed by atoms with E-state index in [1.807, 2.05) is 0 Å². The van der Waals surface area contributed by atoms with Gasteiger partial charge in [-0.2, -0.15) is 0 Å². The number of hydrogen-bond acceptors (Lipinski definition) is 4. The maximum atomic E-state index is 14.8. The van der Waals surface area contributed by atoms with Crippen LogP contribution in [0.4, 0.5) is 22.0 Å². The number of rotatable bonds is 7. The Bertz CT molecular complexity index is 1250. The van der Waals surface area contributed by atoms with E-state index in [0.29, 0.717) is 18.4 Å². The number of para-hydroxylation sites is 1. The van der Waals surface area contributed by atoms with Gasteiger partial charge in [0, 0.05) is 38.7 Å². The zero-order valence-electron chi connectivity index (χ0n) is 19.6. The van der Waals surface area contributed by atoms with Crippen molar-refractivity contribution in [1.29, 1.82) is 0 Å². The Morgan fingerprint density at radius 2 is 1.83 bits per heavy atom. The van der Waals surface area contributed by atoms with Gasteiger partial charge in [-0.05, 0) is 42.0 Å². The van der Waals surface area contributed by atoms with Crippen molar-refractivity contribution in [3.8, 4) is 5.88 Å². The lowest BCUT2D eigenvalue weighted by Gasteiger charge is -2.32. The van der Waals surface area contributed by atoms with Crippen LogP contribution in [0.15, 0.2) is 36.4 Å².